The van der Waals surface area contributed by atoms with E-state index in [2.05, 4.69) is 9.97 Å². The summed E-state index contributed by atoms with van der Waals surface area (Å²) < 4.78 is 26.7. The zero-order chi connectivity index (χ0) is 14.8. The van der Waals surface area contributed by atoms with Gasteiger partial charge in [-0.05, 0) is 29.8 Å². The van der Waals surface area contributed by atoms with Crippen molar-refractivity contribution in [1.82, 2.24) is 9.97 Å². The smallest absolute Gasteiger partial charge is 0.167 e. The summed E-state index contributed by atoms with van der Waals surface area (Å²) in [7, 11) is 0. The first-order valence-electron chi connectivity index (χ1n) is 6.32. The van der Waals surface area contributed by atoms with E-state index in [1.54, 1.807) is 24.4 Å². The summed E-state index contributed by atoms with van der Waals surface area (Å²) in [5.41, 5.74) is 1.69. The molecular weight excluding hydrogens is 274 g/mol. The Bertz CT molecular complexity index is 833. The van der Waals surface area contributed by atoms with Gasteiger partial charge in [-0.15, -0.1) is 0 Å². The van der Waals surface area contributed by atoms with Crippen molar-refractivity contribution in [3.05, 3.63) is 71.6 Å². The Morgan fingerprint density at radius 1 is 1.00 bits per heavy atom. The Labute approximate surface area is 119 Å². The second-order valence-electron chi connectivity index (χ2n) is 4.57. The molecule has 21 heavy (non-hydrogen) atoms. The van der Waals surface area contributed by atoms with Crippen molar-refractivity contribution in [2.45, 2.75) is 6.42 Å². The first kappa shape index (κ1) is 13.3. The van der Waals surface area contributed by atoms with E-state index in [0.29, 0.717) is 16.6 Å². The molecule has 3 nitrogen and oxygen atoms in total. The minimum Gasteiger partial charge on any atom is -0.294 e. The van der Waals surface area contributed by atoms with Crippen molar-refractivity contribution in [2.75, 3.05) is 0 Å². The summed E-state index contributed by atoms with van der Waals surface area (Å²) in [4.78, 5) is 20.4. The van der Waals surface area contributed by atoms with Crippen LogP contribution in [0.4, 0.5) is 8.78 Å². The number of carbonyl (C=O) groups is 1. The van der Waals surface area contributed by atoms with Crippen LogP contribution in [0.3, 0.4) is 0 Å². The summed E-state index contributed by atoms with van der Waals surface area (Å²) in [5.74, 6) is -2.23. The molecule has 0 amide bonds. The van der Waals surface area contributed by atoms with Crippen molar-refractivity contribution in [3.8, 4) is 0 Å². The zero-order valence-corrected chi connectivity index (χ0v) is 10.9. The molecule has 0 bridgehead atoms. The number of rotatable bonds is 3. The number of carbonyl (C=O) groups excluding carboxylic acids is 1. The highest BCUT2D eigenvalue weighted by Crippen LogP contribution is 2.16. The summed E-state index contributed by atoms with van der Waals surface area (Å²) in [5, 5.41) is 0. The van der Waals surface area contributed by atoms with E-state index in [1.807, 2.05) is 0 Å². The molecule has 0 aliphatic heterocycles. The molecule has 0 N–H and O–H groups in total. The highest BCUT2D eigenvalue weighted by atomic mass is 19.2. The van der Waals surface area contributed by atoms with E-state index in [9.17, 15) is 13.6 Å². The Hall–Kier alpha value is -2.69. The number of nitrogens with zero attached hydrogens (tertiary/aromatic N) is 2. The molecule has 0 saturated carbocycles. The van der Waals surface area contributed by atoms with Crippen LogP contribution in [0.5, 0.6) is 0 Å². The van der Waals surface area contributed by atoms with Gasteiger partial charge in [-0.3, -0.25) is 14.8 Å². The molecule has 0 spiro atoms. The molecule has 3 rings (SSSR count). The third kappa shape index (κ3) is 2.63. The molecule has 0 fully saturated rings. The lowest BCUT2D eigenvalue weighted by Gasteiger charge is -2.04. The predicted octanol–water partition coefficient (Wildman–Crippen LogP) is 3.33. The third-order valence-electron chi connectivity index (χ3n) is 3.17. The maximum atomic E-state index is 13.6. The molecule has 104 valence electrons. The minimum atomic E-state index is -0.980. The lowest BCUT2D eigenvalue weighted by Crippen LogP contribution is -2.06. The number of ketones is 1. The van der Waals surface area contributed by atoms with Gasteiger partial charge in [0.2, 0.25) is 0 Å². The van der Waals surface area contributed by atoms with E-state index in [1.165, 1.54) is 18.3 Å². The highest BCUT2D eigenvalue weighted by molar-refractivity contribution is 5.99. The molecule has 0 radical (unpaired) electrons. The Kier molecular flexibility index (Phi) is 3.39. The quantitative estimate of drug-likeness (QED) is 0.693. The molecule has 0 saturated heterocycles. The Morgan fingerprint density at radius 3 is 2.57 bits per heavy atom. The Morgan fingerprint density at radius 2 is 1.76 bits per heavy atom. The maximum Gasteiger partial charge on any atom is 0.167 e. The number of hydrogen-bond acceptors (Lipinski definition) is 3. The monoisotopic (exact) mass is 284 g/mol. The van der Waals surface area contributed by atoms with Crippen LogP contribution in [0.15, 0.2) is 48.8 Å². The van der Waals surface area contributed by atoms with Gasteiger partial charge < -0.3 is 0 Å². The number of Topliss-reactive ketones (excluding diaryl/α,β-unsaturated/α-hetero) is 1. The molecule has 1 aromatic heterocycles. The van der Waals surface area contributed by atoms with E-state index in [0.717, 1.165) is 6.07 Å². The summed E-state index contributed by atoms with van der Waals surface area (Å²) in [6, 6.07) is 8.69. The van der Waals surface area contributed by atoms with Gasteiger partial charge in [0.1, 0.15) is 0 Å². The maximum absolute atomic E-state index is 13.6. The fraction of sp³-hybridized carbons (Fsp3) is 0.0625. The zero-order valence-electron chi connectivity index (χ0n) is 10.9. The van der Waals surface area contributed by atoms with Crippen LogP contribution in [0.2, 0.25) is 0 Å². The number of benzene rings is 2. The molecule has 0 aliphatic rings. The summed E-state index contributed by atoms with van der Waals surface area (Å²) in [6.07, 6.45) is 2.89. The lowest BCUT2D eigenvalue weighted by atomic mass is 10.0. The van der Waals surface area contributed by atoms with Crippen LogP contribution in [0, 0.1) is 11.6 Å². The SMILES string of the molecule is O=C(Cc1cccc(F)c1F)c1ccc2nccnc2c1. The van der Waals surface area contributed by atoms with E-state index in [-0.39, 0.29) is 17.8 Å². The second-order valence-corrected chi connectivity index (χ2v) is 4.57. The molecule has 0 atom stereocenters. The summed E-state index contributed by atoms with van der Waals surface area (Å²) >= 11 is 0. The van der Waals surface area contributed by atoms with Crippen molar-refractivity contribution >= 4 is 16.8 Å². The van der Waals surface area contributed by atoms with Crippen molar-refractivity contribution in [3.63, 3.8) is 0 Å². The molecular formula is C16H10F2N2O. The van der Waals surface area contributed by atoms with Crippen molar-refractivity contribution < 1.29 is 13.6 Å². The van der Waals surface area contributed by atoms with Gasteiger partial charge in [0.25, 0.3) is 0 Å². The highest BCUT2D eigenvalue weighted by Gasteiger charge is 2.13. The van der Waals surface area contributed by atoms with Crippen LogP contribution >= 0.6 is 0 Å². The topological polar surface area (TPSA) is 42.9 Å². The fourth-order valence-corrected chi connectivity index (χ4v) is 2.10. The van der Waals surface area contributed by atoms with Crippen molar-refractivity contribution in [1.29, 1.82) is 0 Å². The van der Waals surface area contributed by atoms with Crippen LogP contribution in [0.1, 0.15) is 15.9 Å². The van der Waals surface area contributed by atoms with Gasteiger partial charge in [-0.2, -0.15) is 0 Å². The van der Waals surface area contributed by atoms with E-state index < -0.39 is 11.6 Å². The molecule has 3 aromatic rings. The lowest BCUT2D eigenvalue weighted by molar-refractivity contribution is 0.0992. The van der Waals surface area contributed by atoms with Crippen molar-refractivity contribution in [2.24, 2.45) is 0 Å². The van der Waals surface area contributed by atoms with Crippen LogP contribution < -0.4 is 0 Å². The normalized spacial score (nSPS) is 10.8. The fourth-order valence-electron chi connectivity index (χ4n) is 2.10. The van der Waals surface area contributed by atoms with Gasteiger partial charge in [-0.25, -0.2) is 8.78 Å². The number of aromatic nitrogens is 2. The molecule has 2 aromatic carbocycles. The van der Waals surface area contributed by atoms with Gasteiger partial charge in [0.15, 0.2) is 17.4 Å². The first-order valence-corrected chi connectivity index (χ1v) is 6.32. The Balaban J connectivity index is 1.91. The van der Waals surface area contributed by atoms with Crippen LogP contribution in [-0.2, 0) is 6.42 Å². The van der Waals surface area contributed by atoms with Gasteiger partial charge in [0, 0.05) is 24.4 Å². The van der Waals surface area contributed by atoms with Gasteiger partial charge >= 0.3 is 0 Å². The third-order valence-corrected chi connectivity index (χ3v) is 3.17. The van der Waals surface area contributed by atoms with Crippen LogP contribution in [-0.4, -0.2) is 15.8 Å². The minimum absolute atomic E-state index is 0.0410. The number of fused-ring (bicyclic) bond motifs is 1. The molecule has 0 aliphatic carbocycles. The van der Waals surface area contributed by atoms with E-state index in [4.69, 9.17) is 0 Å². The summed E-state index contributed by atoms with van der Waals surface area (Å²) in [6.45, 7) is 0. The first-order chi connectivity index (χ1) is 10.1. The predicted molar refractivity (Wildman–Crippen MR) is 73.9 cm³/mol. The average molecular weight is 284 g/mol. The second kappa shape index (κ2) is 5.36. The number of hydrogen-bond donors (Lipinski definition) is 0. The molecule has 5 heteroatoms. The largest absolute Gasteiger partial charge is 0.294 e. The number of halogens is 2. The molecule has 0 unspecified atom stereocenters. The van der Waals surface area contributed by atoms with Gasteiger partial charge in [-0.1, -0.05) is 12.1 Å². The van der Waals surface area contributed by atoms with Gasteiger partial charge in [0.05, 0.1) is 11.0 Å². The van der Waals surface area contributed by atoms with E-state index >= 15 is 0 Å². The van der Waals surface area contributed by atoms with Crippen LogP contribution in [0.25, 0.3) is 11.0 Å². The standard InChI is InChI=1S/C16H10F2N2O/c17-12-3-1-2-11(16(12)18)9-15(21)10-4-5-13-14(8-10)20-7-6-19-13/h1-8H,9H2. The molecule has 1 heterocycles. The average Bonchev–Trinajstić information content (AvgIpc) is 2.51.